The normalized spacial score (nSPS) is 12.3. The summed E-state index contributed by atoms with van der Waals surface area (Å²) in [6.45, 7) is 3.87. The first-order valence-corrected chi connectivity index (χ1v) is 9.51. The molecule has 27 heavy (non-hydrogen) atoms. The molecule has 0 unspecified atom stereocenters. The number of amides is 1. The first kappa shape index (κ1) is 19.1. The molecule has 0 fully saturated rings. The monoisotopic (exact) mass is 388 g/mol. The van der Waals surface area contributed by atoms with Gasteiger partial charge in [0.25, 0.3) is 5.91 Å². The van der Waals surface area contributed by atoms with Crippen LogP contribution in [0.3, 0.4) is 0 Å². The van der Waals surface area contributed by atoms with E-state index in [4.69, 9.17) is 4.74 Å². The smallest absolute Gasteiger partial charge is 0.355 e. The summed E-state index contributed by atoms with van der Waals surface area (Å²) in [6, 6.07) is 9.58. The van der Waals surface area contributed by atoms with Crippen molar-refractivity contribution in [2.45, 2.75) is 26.5 Å². The van der Waals surface area contributed by atoms with E-state index in [9.17, 15) is 14.0 Å². The molecule has 1 N–H and O–H groups in total. The Balaban J connectivity index is 1.68. The standard InChI is InChI=1S/C20H21FN2O3S/c1-12(2)18(19(24)22-11-13-4-6-14(21)7-5-13)26-20(25)16-10-17-15(23(16)3)8-9-27-17/h4-10,12,18H,11H2,1-3H3,(H,22,24)/t18-/m1/s1. The first-order chi connectivity index (χ1) is 12.9. The average molecular weight is 388 g/mol. The number of benzene rings is 1. The summed E-state index contributed by atoms with van der Waals surface area (Å²) in [6.07, 6.45) is -0.911. The van der Waals surface area contributed by atoms with E-state index in [2.05, 4.69) is 5.32 Å². The molecular formula is C20H21FN2O3S. The van der Waals surface area contributed by atoms with Gasteiger partial charge in [-0.2, -0.15) is 0 Å². The molecule has 0 saturated carbocycles. The Kier molecular flexibility index (Phi) is 5.60. The molecule has 2 aromatic heterocycles. The second-order valence-electron chi connectivity index (χ2n) is 6.67. The van der Waals surface area contributed by atoms with E-state index in [0.29, 0.717) is 5.69 Å². The molecule has 2 heterocycles. The van der Waals surface area contributed by atoms with Crippen LogP contribution in [-0.4, -0.2) is 22.5 Å². The zero-order valence-corrected chi connectivity index (χ0v) is 16.2. The van der Waals surface area contributed by atoms with Crippen LogP contribution in [0.4, 0.5) is 4.39 Å². The molecule has 0 bridgehead atoms. The quantitative estimate of drug-likeness (QED) is 0.652. The van der Waals surface area contributed by atoms with E-state index in [1.54, 1.807) is 41.2 Å². The molecule has 0 aliphatic heterocycles. The van der Waals surface area contributed by atoms with Crippen molar-refractivity contribution >= 4 is 33.4 Å². The number of ether oxygens (including phenoxy) is 1. The van der Waals surface area contributed by atoms with Gasteiger partial charge < -0.3 is 14.6 Å². The van der Waals surface area contributed by atoms with E-state index in [-0.39, 0.29) is 24.2 Å². The summed E-state index contributed by atoms with van der Waals surface area (Å²) in [4.78, 5) is 25.1. The van der Waals surface area contributed by atoms with Crippen molar-refractivity contribution in [1.29, 1.82) is 0 Å². The third-order valence-electron chi connectivity index (χ3n) is 4.35. The highest BCUT2D eigenvalue weighted by Gasteiger charge is 2.28. The molecule has 3 rings (SSSR count). The number of aryl methyl sites for hydroxylation is 1. The lowest BCUT2D eigenvalue weighted by Crippen LogP contribution is -2.40. The van der Waals surface area contributed by atoms with Gasteiger partial charge in [0.15, 0.2) is 6.10 Å². The summed E-state index contributed by atoms with van der Waals surface area (Å²) >= 11 is 1.54. The number of nitrogens with one attached hydrogen (secondary N) is 1. The molecule has 0 radical (unpaired) electrons. The van der Waals surface area contributed by atoms with Crippen LogP contribution in [0.5, 0.6) is 0 Å². The Hall–Kier alpha value is -2.67. The second-order valence-corrected chi connectivity index (χ2v) is 7.62. The van der Waals surface area contributed by atoms with Gasteiger partial charge in [-0.25, -0.2) is 9.18 Å². The molecule has 1 aromatic carbocycles. The largest absolute Gasteiger partial charge is 0.447 e. The highest BCUT2D eigenvalue weighted by Crippen LogP contribution is 2.25. The lowest BCUT2D eigenvalue weighted by Gasteiger charge is -2.21. The van der Waals surface area contributed by atoms with Crippen molar-refractivity contribution in [3.63, 3.8) is 0 Å². The van der Waals surface area contributed by atoms with Crippen molar-refractivity contribution in [1.82, 2.24) is 9.88 Å². The van der Waals surface area contributed by atoms with Crippen molar-refractivity contribution < 1.29 is 18.7 Å². The number of esters is 1. The van der Waals surface area contributed by atoms with Gasteiger partial charge in [-0.1, -0.05) is 26.0 Å². The van der Waals surface area contributed by atoms with Crippen molar-refractivity contribution in [3.05, 3.63) is 58.9 Å². The molecule has 0 aliphatic carbocycles. The predicted molar refractivity (Wildman–Crippen MR) is 103 cm³/mol. The number of carbonyl (C=O) groups is 2. The summed E-state index contributed by atoms with van der Waals surface area (Å²) in [5.74, 6) is -1.43. The number of hydrogen-bond acceptors (Lipinski definition) is 4. The first-order valence-electron chi connectivity index (χ1n) is 8.63. The van der Waals surface area contributed by atoms with Crippen molar-refractivity contribution in [3.8, 4) is 0 Å². The fraction of sp³-hybridized carbons (Fsp3) is 0.300. The highest BCUT2D eigenvalue weighted by atomic mass is 32.1. The average Bonchev–Trinajstić information content (AvgIpc) is 3.21. The topological polar surface area (TPSA) is 60.3 Å². The van der Waals surface area contributed by atoms with Crippen LogP contribution in [0.2, 0.25) is 0 Å². The zero-order chi connectivity index (χ0) is 19.6. The fourth-order valence-electron chi connectivity index (χ4n) is 2.81. The minimum Gasteiger partial charge on any atom is -0.447 e. The Morgan fingerprint density at radius 1 is 1.22 bits per heavy atom. The number of hydrogen-bond donors (Lipinski definition) is 1. The lowest BCUT2D eigenvalue weighted by molar-refractivity contribution is -0.132. The van der Waals surface area contributed by atoms with Crippen LogP contribution in [0.25, 0.3) is 10.2 Å². The third kappa shape index (κ3) is 4.19. The van der Waals surface area contributed by atoms with Crippen LogP contribution >= 0.6 is 11.3 Å². The number of rotatable bonds is 6. The minimum atomic E-state index is -0.911. The van der Waals surface area contributed by atoms with Crippen LogP contribution in [0, 0.1) is 11.7 Å². The van der Waals surface area contributed by atoms with Crippen LogP contribution in [0.1, 0.15) is 29.9 Å². The van der Waals surface area contributed by atoms with Crippen LogP contribution in [0.15, 0.2) is 41.8 Å². The number of nitrogens with zero attached hydrogens (tertiary/aromatic N) is 1. The number of aromatic nitrogens is 1. The summed E-state index contributed by atoms with van der Waals surface area (Å²) < 4.78 is 21.2. The molecule has 0 saturated heterocycles. The van der Waals surface area contributed by atoms with Crippen LogP contribution < -0.4 is 5.32 Å². The maximum atomic E-state index is 13.0. The second kappa shape index (κ2) is 7.92. The molecule has 5 nitrogen and oxygen atoms in total. The van der Waals surface area contributed by atoms with Gasteiger partial charge in [0.1, 0.15) is 11.5 Å². The molecule has 1 amide bonds. The maximum absolute atomic E-state index is 13.0. The van der Waals surface area contributed by atoms with Crippen molar-refractivity contribution in [2.75, 3.05) is 0 Å². The van der Waals surface area contributed by atoms with Gasteiger partial charge in [0, 0.05) is 13.6 Å². The molecule has 0 spiro atoms. The minimum absolute atomic E-state index is 0.191. The van der Waals surface area contributed by atoms with Gasteiger partial charge >= 0.3 is 5.97 Å². The van der Waals surface area contributed by atoms with Gasteiger partial charge in [-0.05, 0) is 41.1 Å². The van der Waals surface area contributed by atoms with E-state index in [1.165, 1.54) is 12.1 Å². The zero-order valence-electron chi connectivity index (χ0n) is 15.4. The van der Waals surface area contributed by atoms with E-state index >= 15 is 0 Å². The molecule has 7 heteroatoms. The third-order valence-corrected chi connectivity index (χ3v) is 5.20. The molecular weight excluding hydrogens is 367 g/mol. The summed E-state index contributed by atoms with van der Waals surface area (Å²) in [7, 11) is 1.80. The molecule has 0 aliphatic rings. The number of thiophene rings is 1. The Morgan fingerprint density at radius 2 is 1.93 bits per heavy atom. The van der Waals surface area contributed by atoms with Crippen molar-refractivity contribution in [2.24, 2.45) is 13.0 Å². The molecule has 3 aromatic rings. The van der Waals surface area contributed by atoms with Gasteiger partial charge in [0.05, 0.1) is 10.2 Å². The molecule has 142 valence electrons. The number of carbonyl (C=O) groups excluding carboxylic acids is 2. The van der Waals surface area contributed by atoms with E-state index in [0.717, 1.165) is 15.8 Å². The fourth-order valence-corrected chi connectivity index (χ4v) is 3.65. The van der Waals surface area contributed by atoms with Gasteiger partial charge in [-0.3, -0.25) is 4.79 Å². The Morgan fingerprint density at radius 3 is 2.56 bits per heavy atom. The van der Waals surface area contributed by atoms with Gasteiger partial charge in [0.2, 0.25) is 0 Å². The van der Waals surface area contributed by atoms with Gasteiger partial charge in [-0.15, -0.1) is 11.3 Å². The predicted octanol–water partition coefficient (Wildman–Crippen LogP) is 3.88. The summed E-state index contributed by atoms with van der Waals surface area (Å²) in [5.41, 5.74) is 2.13. The Labute approximate surface area is 160 Å². The SMILES string of the molecule is CC(C)[C@@H](OC(=O)c1cc2sccc2n1C)C(=O)NCc1ccc(F)cc1. The van der Waals surface area contributed by atoms with Crippen LogP contribution in [-0.2, 0) is 23.1 Å². The lowest BCUT2D eigenvalue weighted by atomic mass is 10.1. The van der Waals surface area contributed by atoms with E-state index < -0.39 is 12.1 Å². The summed E-state index contributed by atoms with van der Waals surface area (Å²) in [5, 5.41) is 4.71. The number of halogens is 1. The molecule has 1 atom stereocenters. The van der Waals surface area contributed by atoms with E-state index in [1.807, 2.05) is 25.3 Å². The maximum Gasteiger partial charge on any atom is 0.355 e. The highest BCUT2D eigenvalue weighted by molar-refractivity contribution is 7.17. The Bertz CT molecular complexity index is 959. The number of fused-ring (bicyclic) bond motifs is 1.